The van der Waals surface area contributed by atoms with Gasteiger partial charge in [0.15, 0.2) is 16.6 Å². The molecule has 1 aliphatic rings. The van der Waals surface area contributed by atoms with Gasteiger partial charge in [0.05, 0.1) is 17.3 Å². The van der Waals surface area contributed by atoms with E-state index in [1.165, 1.54) is 11.9 Å². The van der Waals surface area contributed by atoms with E-state index in [1.54, 1.807) is 12.1 Å². The summed E-state index contributed by atoms with van der Waals surface area (Å²) in [6.07, 6.45) is -3.62. The normalized spacial score (nSPS) is 14.1. The summed E-state index contributed by atoms with van der Waals surface area (Å²) in [5.41, 5.74) is 8.36. The predicted octanol–water partition coefficient (Wildman–Crippen LogP) is 4.85. The van der Waals surface area contributed by atoms with E-state index in [0.29, 0.717) is 42.8 Å². The number of rotatable bonds is 4. The molecule has 0 saturated carbocycles. The topological polar surface area (TPSA) is 112 Å². The Kier molecular flexibility index (Phi) is 8.29. The lowest BCUT2D eigenvalue weighted by Crippen LogP contribution is -2.46. The highest BCUT2D eigenvalue weighted by molar-refractivity contribution is 7.17. The molecule has 0 spiro atoms. The molecule has 196 valence electrons. The van der Waals surface area contributed by atoms with Crippen LogP contribution in [-0.4, -0.2) is 52.2 Å². The fourth-order valence-corrected chi connectivity index (χ4v) is 5.17. The summed E-state index contributed by atoms with van der Waals surface area (Å²) in [5.74, 6) is 0.0143. The lowest BCUT2D eigenvalue weighted by molar-refractivity contribution is -0.141. The number of anilines is 2. The van der Waals surface area contributed by atoms with E-state index in [0.717, 1.165) is 28.2 Å². The minimum atomic E-state index is -4.75. The number of hydrogen-bond donors (Lipinski definition) is 1. The molecule has 2 aromatic heterocycles. The molecule has 4 rings (SSSR count). The highest BCUT2D eigenvalue weighted by Crippen LogP contribution is 2.36. The van der Waals surface area contributed by atoms with Gasteiger partial charge in [0.25, 0.3) is 5.91 Å². The second kappa shape index (κ2) is 10.9. The molecule has 1 aromatic carbocycles. The molecule has 0 radical (unpaired) electrons. The van der Waals surface area contributed by atoms with E-state index >= 15 is 0 Å². The van der Waals surface area contributed by atoms with Gasteiger partial charge in [0.2, 0.25) is 0 Å². The molecule has 1 fully saturated rings. The third-order valence-electron chi connectivity index (χ3n) is 6.52. The van der Waals surface area contributed by atoms with Crippen molar-refractivity contribution < 1.29 is 18.0 Å². The summed E-state index contributed by atoms with van der Waals surface area (Å²) >= 11 is 0.555. The number of thiazole rings is 1. The van der Waals surface area contributed by atoms with Crippen molar-refractivity contribution in [3.8, 4) is 17.3 Å². The molecule has 37 heavy (non-hydrogen) atoms. The average Bonchev–Trinajstić information content (AvgIpc) is 3.27. The van der Waals surface area contributed by atoms with Gasteiger partial charge in [-0.3, -0.25) is 4.79 Å². The summed E-state index contributed by atoms with van der Waals surface area (Å²) in [6, 6.07) is 9.02. The summed E-state index contributed by atoms with van der Waals surface area (Å²) in [5, 5.41) is 17.6. The fraction of sp³-hybridized carbons (Fsp3) is 0.375. The quantitative estimate of drug-likeness (QED) is 0.493. The van der Waals surface area contributed by atoms with Crippen LogP contribution in [0.5, 0.6) is 0 Å². The Morgan fingerprint density at radius 3 is 2.35 bits per heavy atom. The van der Waals surface area contributed by atoms with E-state index in [2.05, 4.69) is 26.2 Å². The first kappa shape index (κ1) is 28.1. The third-order valence-corrected chi connectivity index (χ3v) is 7.40. The monoisotopic (exact) mass is 551 g/mol. The number of nitrogens with two attached hydrogens (primary N) is 1. The van der Waals surface area contributed by atoms with Gasteiger partial charge in [-0.25, -0.2) is 4.98 Å². The van der Waals surface area contributed by atoms with Crippen LogP contribution in [0, 0.1) is 25.2 Å². The Balaban J connectivity index is 0.00000380. The first-order valence-corrected chi connectivity index (χ1v) is 12.0. The number of alkyl halides is 3. The summed E-state index contributed by atoms with van der Waals surface area (Å²) in [4.78, 5) is 19.2. The number of carbonyl (C=O) groups excluding carboxylic acids is 1. The average molecular weight is 552 g/mol. The third kappa shape index (κ3) is 5.62. The maximum absolute atomic E-state index is 13.3. The van der Waals surface area contributed by atoms with Gasteiger partial charge >= 0.3 is 6.18 Å². The van der Waals surface area contributed by atoms with Gasteiger partial charge in [-0.15, -0.1) is 22.6 Å². The Morgan fingerprint density at radius 2 is 1.78 bits per heavy atom. The van der Waals surface area contributed by atoms with Gasteiger partial charge < -0.3 is 15.5 Å². The Bertz CT molecular complexity index is 1330. The van der Waals surface area contributed by atoms with Crippen LogP contribution in [0.15, 0.2) is 24.3 Å². The lowest BCUT2D eigenvalue weighted by Gasteiger charge is -2.37. The largest absolute Gasteiger partial charge is 0.435 e. The first-order valence-electron chi connectivity index (χ1n) is 11.2. The number of nitrogen functional groups attached to an aromatic ring is 1. The number of piperidine rings is 1. The minimum absolute atomic E-state index is 0. The Morgan fingerprint density at radius 1 is 1.16 bits per heavy atom. The summed E-state index contributed by atoms with van der Waals surface area (Å²) in [6.45, 7) is 5.09. The standard InChI is InChI=1S/C24H24F3N7OS.ClH/c1-13-14(2)21(32-31-18(13)16-6-4-15(12-28)5-7-16)34-10-8-17(9-11-34)33(3)22(35)19-20(24(25,26)27)30-23(29)36-19;/h4-7,17H,8-11H2,1-3H3,(H2,29,30);1H. The Labute approximate surface area is 222 Å². The van der Waals surface area contributed by atoms with Crippen molar-refractivity contribution in [2.24, 2.45) is 0 Å². The van der Waals surface area contributed by atoms with E-state index in [4.69, 9.17) is 11.0 Å². The van der Waals surface area contributed by atoms with Crippen molar-refractivity contribution in [2.75, 3.05) is 30.8 Å². The maximum Gasteiger partial charge on any atom is 0.435 e. The van der Waals surface area contributed by atoms with E-state index < -0.39 is 22.7 Å². The van der Waals surface area contributed by atoms with Crippen LogP contribution in [0.4, 0.5) is 24.1 Å². The number of carbonyl (C=O) groups is 1. The molecule has 0 atom stereocenters. The van der Waals surface area contributed by atoms with Crippen LogP contribution < -0.4 is 10.6 Å². The highest BCUT2D eigenvalue weighted by atomic mass is 35.5. The predicted molar refractivity (Wildman–Crippen MR) is 138 cm³/mol. The molecule has 2 N–H and O–H groups in total. The zero-order valence-corrected chi connectivity index (χ0v) is 22.0. The molecule has 1 saturated heterocycles. The minimum Gasteiger partial charge on any atom is -0.375 e. The number of aromatic nitrogens is 3. The molecule has 3 heterocycles. The maximum atomic E-state index is 13.3. The van der Waals surface area contributed by atoms with E-state index in [9.17, 15) is 18.0 Å². The van der Waals surface area contributed by atoms with Crippen molar-refractivity contribution >= 4 is 40.6 Å². The molecule has 1 aliphatic heterocycles. The van der Waals surface area contributed by atoms with Crippen LogP contribution in [0.2, 0.25) is 0 Å². The van der Waals surface area contributed by atoms with Crippen molar-refractivity contribution in [2.45, 2.75) is 38.9 Å². The zero-order chi connectivity index (χ0) is 26.2. The number of nitrogens with zero attached hydrogens (tertiary/aromatic N) is 6. The second-order valence-corrected chi connectivity index (χ2v) is 9.70. The number of halogens is 4. The number of benzene rings is 1. The van der Waals surface area contributed by atoms with Crippen LogP contribution in [-0.2, 0) is 6.18 Å². The number of nitriles is 1. The van der Waals surface area contributed by atoms with Gasteiger partial charge in [-0.2, -0.15) is 18.4 Å². The molecule has 8 nitrogen and oxygen atoms in total. The van der Waals surface area contributed by atoms with Gasteiger partial charge in [0.1, 0.15) is 4.88 Å². The van der Waals surface area contributed by atoms with E-state index in [-0.39, 0.29) is 23.6 Å². The Hall–Kier alpha value is -3.43. The molecular weight excluding hydrogens is 527 g/mol. The van der Waals surface area contributed by atoms with Crippen LogP contribution in [0.25, 0.3) is 11.3 Å². The van der Waals surface area contributed by atoms with Gasteiger partial charge in [-0.1, -0.05) is 23.5 Å². The molecule has 3 aromatic rings. The first-order chi connectivity index (χ1) is 17.0. The highest BCUT2D eigenvalue weighted by Gasteiger charge is 2.41. The SMILES string of the molecule is Cc1c(-c2ccc(C#N)cc2)nnc(N2CCC(N(C)C(=O)c3sc(N)nc3C(F)(F)F)CC2)c1C.Cl. The molecule has 0 aliphatic carbocycles. The summed E-state index contributed by atoms with van der Waals surface area (Å²) in [7, 11) is 1.51. The zero-order valence-electron chi connectivity index (χ0n) is 20.3. The van der Waals surface area contributed by atoms with Crippen molar-refractivity contribution in [1.29, 1.82) is 5.26 Å². The summed E-state index contributed by atoms with van der Waals surface area (Å²) < 4.78 is 39.9. The molecule has 13 heteroatoms. The smallest absolute Gasteiger partial charge is 0.375 e. The van der Waals surface area contributed by atoms with Crippen LogP contribution in [0.1, 0.15) is 44.9 Å². The van der Waals surface area contributed by atoms with Crippen molar-refractivity contribution in [3.05, 3.63) is 51.5 Å². The number of amides is 1. The van der Waals surface area contributed by atoms with Crippen molar-refractivity contribution in [3.63, 3.8) is 0 Å². The molecular formula is C24H25ClF3N7OS. The fourth-order valence-electron chi connectivity index (χ4n) is 4.33. The van der Waals surface area contributed by atoms with Crippen LogP contribution in [0.3, 0.4) is 0 Å². The molecule has 0 bridgehead atoms. The van der Waals surface area contributed by atoms with Gasteiger partial charge in [0, 0.05) is 31.7 Å². The number of hydrogen-bond acceptors (Lipinski definition) is 8. The van der Waals surface area contributed by atoms with Gasteiger partial charge in [-0.05, 0) is 49.9 Å². The lowest BCUT2D eigenvalue weighted by atomic mass is 10.0. The molecule has 0 unspecified atom stereocenters. The second-order valence-electron chi connectivity index (χ2n) is 8.67. The molecule has 1 amide bonds. The van der Waals surface area contributed by atoms with E-state index in [1.807, 2.05) is 26.0 Å². The van der Waals surface area contributed by atoms with Crippen molar-refractivity contribution in [1.82, 2.24) is 20.1 Å². The van der Waals surface area contributed by atoms with Crippen LogP contribution >= 0.6 is 23.7 Å².